The number of nitrogens with zero attached hydrogens (tertiary/aromatic N) is 3. The first-order valence-electron chi connectivity index (χ1n) is 8.97. The predicted octanol–water partition coefficient (Wildman–Crippen LogP) is 5.68. The first kappa shape index (κ1) is 19.5. The molecular weight excluding hydrogens is 330 g/mol. The van der Waals surface area contributed by atoms with Crippen LogP contribution in [0.3, 0.4) is 0 Å². The summed E-state index contributed by atoms with van der Waals surface area (Å²) < 4.78 is 2.23. The van der Waals surface area contributed by atoms with Crippen molar-refractivity contribution >= 4 is 23.3 Å². The molecule has 4 heteroatoms. The summed E-state index contributed by atoms with van der Waals surface area (Å²) in [7, 11) is 0. The van der Waals surface area contributed by atoms with Crippen LogP contribution >= 0.6 is 12.4 Å². The summed E-state index contributed by atoms with van der Waals surface area (Å²) in [6, 6.07) is 17.2. The number of hydrogen-bond acceptors (Lipinski definition) is 2. The average Bonchev–Trinajstić information content (AvgIpc) is 2.98. The molecule has 3 nitrogen and oxygen atoms in total. The number of aryl methyl sites for hydroxylation is 1. The van der Waals surface area contributed by atoms with Gasteiger partial charge in [0.05, 0.1) is 5.52 Å². The fraction of sp³-hybridized carbons (Fsp3) is 0.381. The van der Waals surface area contributed by atoms with E-state index in [-0.39, 0.29) is 12.4 Å². The molecule has 3 rings (SSSR count). The Labute approximate surface area is 157 Å². The Morgan fingerprint density at radius 2 is 1.68 bits per heavy atom. The molecule has 1 heterocycles. The number of aromatic nitrogens is 2. The zero-order valence-electron chi connectivity index (χ0n) is 15.6. The summed E-state index contributed by atoms with van der Waals surface area (Å²) in [4.78, 5) is 2.47. The second-order valence-electron chi connectivity index (χ2n) is 6.29. The van der Waals surface area contributed by atoms with E-state index in [1.54, 1.807) is 0 Å². The van der Waals surface area contributed by atoms with Crippen molar-refractivity contribution in [3.05, 3.63) is 54.1 Å². The molecule has 0 aliphatic carbocycles. The molecule has 25 heavy (non-hydrogen) atoms. The van der Waals surface area contributed by atoms with Gasteiger partial charge in [-0.25, -0.2) is 4.68 Å². The second kappa shape index (κ2) is 8.50. The first-order valence-corrected chi connectivity index (χ1v) is 8.97. The second-order valence-corrected chi connectivity index (χ2v) is 6.29. The fourth-order valence-electron chi connectivity index (χ4n) is 3.52. The first-order chi connectivity index (χ1) is 11.7. The molecule has 3 aromatic rings. The van der Waals surface area contributed by atoms with Gasteiger partial charge in [0, 0.05) is 10.9 Å². The lowest BCUT2D eigenvalue weighted by Crippen LogP contribution is -2.32. The topological polar surface area (TPSA) is 21.1 Å². The van der Waals surface area contributed by atoms with Crippen LogP contribution in [0.5, 0.6) is 0 Å². The number of rotatable bonds is 6. The molecular formula is C21H28ClN3. The molecule has 1 aromatic heterocycles. The highest BCUT2D eigenvalue weighted by molar-refractivity contribution is 5.93. The van der Waals surface area contributed by atoms with Crippen molar-refractivity contribution in [2.24, 2.45) is 0 Å². The molecule has 0 amide bonds. The molecule has 1 atom stereocenters. The fourth-order valence-corrected chi connectivity index (χ4v) is 3.52. The lowest BCUT2D eigenvalue weighted by molar-refractivity contribution is 0.142. The molecule has 0 aliphatic heterocycles. The zero-order valence-corrected chi connectivity index (χ0v) is 16.4. The van der Waals surface area contributed by atoms with E-state index in [9.17, 15) is 0 Å². The predicted molar refractivity (Wildman–Crippen MR) is 109 cm³/mol. The normalized spacial score (nSPS) is 12.4. The van der Waals surface area contributed by atoms with Gasteiger partial charge in [-0.1, -0.05) is 62.7 Å². The summed E-state index contributed by atoms with van der Waals surface area (Å²) in [5.74, 6) is 0. The van der Waals surface area contributed by atoms with E-state index < -0.39 is 0 Å². The van der Waals surface area contributed by atoms with Gasteiger partial charge >= 0.3 is 0 Å². The largest absolute Gasteiger partial charge is 0.282 e. The van der Waals surface area contributed by atoms with E-state index in [0.717, 1.165) is 25.2 Å². The van der Waals surface area contributed by atoms with Gasteiger partial charge in [-0.2, -0.15) is 5.10 Å². The van der Waals surface area contributed by atoms with Gasteiger partial charge in [0.1, 0.15) is 11.9 Å². The third kappa shape index (κ3) is 3.73. The molecule has 0 spiro atoms. The molecule has 0 radical (unpaired) electrons. The van der Waals surface area contributed by atoms with Crippen LogP contribution in [-0.4, -0.2) is 27.8 Å². The maximum absolute atomic E-state index is 5.06. The molecule has 2 aromatic carbocycles. The molecule has 134 valence electrons. The SMILES string of the molecule is CCC(N(CC)CC)n1nc(-c2ccccc2)c2cc(C)ccc21.Cl. The molecule has 0 bridgehead atoms. The van der Waals surface area contributed by atoms with E-state index in [4.69, 9.17) is 5.10 Å². The minimum absolute atomic E-state index is 0. The zero-order chi connectivity index (χ0) is 17.1. The Hall–Kier alpha value is -1.84. The minimum Gasteiger partial charge on any atom is -0.282 e. The van der Waals surface area contributed by atoms with Crippen molar-refractivity contribution in [2.45, 2.75) is 40.3 Å². The van der Waals surface area contributed by atoms with Crippen LogP contribution in [0, 0.1) is 6.92 Å². The van der Waals surface area contributed by atoms with Crippen molar-refractivity contribution < 1.29 is 0 Å². The van der Waals surface area contributed by atoms with E-state index in [1.165, 1.54) is 22.0 Å². The standard InChI is InChI=1S/C21H27N3.ClH/c1-5-20(23(6-2)7-3)24-19-14-13-16(4)15-18(19)21(22-24)17-11-9-8-10-12-17;/h8-15,20H,5-7H2,1-4H3;1H. The van der Waals surface area contributed by atoms with Crippen LogP contribution in [0.4, 0.5) is 0 Å². The van der Waals surface area contributed by atoms with Crippen LogP contribution < -0.4 is 0 Å². The van der Waals surface area contributed by atoms with Gasteiger partial charge < -0.3 is 0 Å². The summed E-state index contributed by atoms with van der Waals surface area (Å²) in [6.07, 6.45) is 1.34. The Morgan fingerprint density at radius 1 is 1.00 bits per heavy atom. The Kier molecular flexibility index (Phi) is 6.63. The third-order valence-electron chi connectivity index (χ3n) is 4.79. The van der Waals surface area contributed by atoms with Crippen LogP contribution in [0.25, 0.3) is 22.2 Å². The van der Waals surface area contributed by atoms with Crippen molar-refractivity contribution in [1.29, 1.82) is 0 Å². The third-order valence-corrected chi connectivity index (χ3v) is 4.79. The Balaban J connectivity index is 0.00000225. The number of benzene rings is 2. The van der Waals surface area contributed by atoms with E-state index in [0.29, 0.717) is 6.17 Å². The maximum Gasteiger partial charge on any atom is 0.104 e. The van der Waals surface area contributed by atoms with Gasteiger partial charge in [0.15, 0.2) is 0 Å². The van der Waals surface area contributed by atoms with Crippen molar-refractivity contribution in [3.63, 3.8) is 0 Å². The van der Waals surface area contributed by atoms with Crippen molar-refractivity contribution in [1.82, 2.24) is 14.7 Å². The Bertz CT molecular complexity index is 807. The highest BCUT2D eigenvalue weighted by Crippen LogP contribution is 2.32. The molecule has 0 saturated heterocycles. The molecule has 1 unspecified atom stereocenters. The monoisotopic (exact) mass is 357 g/mol. The van der Waals surface area contributed by atoms with Gasteiger partial charge in [-0.3, -0.25) is 4.90 Å². The smallest absolute Gasteiger partial charge is 0.104 e. The molecule has 0 fully saturated rings. The highest BCUT2D eigenvalue weighted by Gasteiger charge is 2.21. The van der Waals surface area contributed by atoms with Gasteiger partial charge in [-0.05, 0) is 38.6 Å². The van der Waals surface area contributed by atoms with E-state index >= 15 is 0 Å². The molecule has 0 N–H and O–H groups in total. The summed E-state index contributed by atoms with van der Waals surface area (Å²) in [6.45, 7) is 10.9. The average molecular weight is 358 g/mol. The maximum atomic E-state index is 5.06. The Morgan fingerprint density at radius 3 is 2.28 bits per heavy atom. The van der Waals surface area contributed by atoms with Gasteiger partial charge in [-0.15, -0.1) is 12.4 Å². The highest BCUT2D eigenvalue weighted by atomic mass is 35.5. The van der Waals surface area contributed by atoms with Crippen LogP contribution in [0.15, 0.2) is 48.5 Å². The number of halogens is 1. The van der Waals surface area contributed by atoms with Crippen LogP contribution in [-0.2, 0) is 0 Å². The van der Waals surface area contributed by atoms with Crippen LogP contribution in [0.1, 0.15) is 38.9 Å². The quantitative estimate of drug-likeness (QED) is 0.565. The van der Waals surface area contributed by atoms with Gasteiger partial charge in [0.25, 0.3) is 0 Å². The van der Waals surface area contributed by atoms with Crippen molar-refractivity contribution in [2.75, 3.05) is 13.1 Å². The van der Waals surface area contributed by atoms with E-state index in [1.807, 2.05) is 0 Å². The lowest BCUT2D eigenvalue weighted by Gasteiger charge is -2.29. The van der Waals surface area contributed by atoms with Crippen LogP contribution in [0.2, 0.25) is 0 Å². The number of hydrogen-bond donors (Lipinski definition) is 0. The lowest BCUT2D eigenvalue weighted by atomic mass is 10.1. The van der Waals surface area contributed by atoms with E-state index in [2.05, 4.69) is 85.8 Å². The number of fused-ring (bicyclic) bond motifs is 1. The van der Waals surface area contributed by atoms with Crippen molar-refractivity contribution in [3.8, 4) is 11.3 Å². The van der Waals surface area contributed by atoms with Gasteiger partial charge in [0.2, 0.25) is 0 Å². The minimum atomic E-state index is 0. The summed E-state index contributed by atoms with van der Waals surface area (Å²) >= 11 is 0. The molecule has 0 saturated carbocycles. The summed E-state index contributed by atoms with van der Waals surface area (Å²) in [5, 5.41) is 6.31. The summed E-state index contributed by atoms with van der Waals surface area (Å²) in [5.41, 5.74) is 4.76. The molecule has 0 aliphatic rings.